The molecule has 120 valence electrons. The second kappa shape index (κ2) is 6.42. The molecule has 1 amide bonds. The molecule has 0 bridgehead atoms. The first-order valence-electron chi connectivity index (χ1n) is 7.49. The summed E-state index contributed by atoms with van der Waals surface area (Å²) in [5, 5.41) is 2.84. The van der Waals surface area contributed by atoms with Crippen LogP contribution in [-0.2, 0) is 0 Å². The van der Waals surface area contributed by atoms with Crippen molar-refractivity contribution in [3.05, 3.63) is 72.1 Å². The summed E-state index contributed by atoms with van der Waals surface area (Å²) in [7, 11) is 0. The largest absolute Gasteiger partial charge is 0.399 e. The van der Waals surface area contributed by atoms with Crippen molar-refractivity contribution in [3.8, 4) is 11.1 Å². The normalized spacial score (nSPS) is 10.4. The number of ketones is 1. The fourth-order valence-electron chi connectivity index (χ4n) is 2.35. The van der Waals surface area contributed by atoms with Crippen LogP contribution in [0.4, 0.5) is 11.4 Å². The van der Waals surface area contributed by atoms with Crippen molar-refractivity contribution in [2.24, 2.45) is 0 Å². The number of hydrogen-bond acceptors (Lipinski definition) is 3. The number of rotatable bonds is 4. The summed E-state index contributed by atoms with van der Waals surface area (Å²) in [6.45, 7) is 1.52. The zero-order valence-corrected chi connectivity index (χ0v) is 13.2. The highest BCUT2D eigenvalue weighted by molar-refractivity contribution is 6.04. The molecule has 0 aliphatic rings. The molecule has 0 radical (unpaired) electrons. The number of aromatic amines is 1. The van der Waals surface area contributed by atoms with Gasteiger partial charge in [-0.3, -0.25) is 9.59 Å². The minimum absolute atomic E-state index is 0.00590. The molecule has 5 nitrogen and oxygen atoms in total. The van der Waals surface area contributed by atoms with Crippen LogP contribution in [0.15, 0.2) is 60.8 Å². The van der Waals surface area contributed by atoms with Gasteiger partial charge in [-0.05, 0) is 53.6 Å². The summed E-state index contributed by atoms with van der Waals surface area (Å²) >= 11 is 0. The lowest BCUT2D eigenvalue weighted by molar-refractivity contribution is 0.101. The van der Waals surface area contributed by atoms with Gasteiger partial charge in [0.15, 0.2) is 5.78 Å². The van der Waals surface area contributed by atoms with Gasteiger partial charge in [0.25, 0.3) is 5.91 Å². The maximum Gasteiger partial charge on any atom is 0.255 e. The van der Waals surface area contributed by atoms with Crippen LogP contribution in [0.25, 0.3) is 11.1 Å². The number of nitrogens with one attached hydrogen (secondary N) is 2. The molecule has 1 aromatic heterocycles. The number of carbonyl (C=O) groups is 2. The molecule has 2 aromatic carbocycles. The lowest BCUT2D eigenvalue weighted by Crippen LogP contribution is -2.11. The summed E-state index contributed by atoms with van der Waals surface area (Å²) in [5.74, 6) is -0.197. The Bertz CT molecular complexity index is 878. The molecule has 0 atom stereocenters. The molecule has 0 unspecified atom stereocenters. The fraction of sp³-hybridized carbons (Fsp3) is 0.0526. The van der Waals surface area contributed by atoms with Gasteiger partial charge in [0.2, 0.25) is 0 Å². The molecule has 0 aliphatic carbocycles. The lowest BCUT2D eigenvalue weighted by Gasteiger charge is -2.06. The van der Waals surface area contributed by atoms with Crippen LogP contribution < -0.4 is 11.1 Å². The van der Waals surface area contributed by atoms with Gasteiger partial charge in [0.1, 0.15) is 0 Å². The Hall–Kier alpha value is -3.34. The minimum Gasteiger partial charge on any atom is -0.399 e. The van der Waals surface area contributed by atoms with Gasteiger partial charge in [0, 0.05) is 30.1 Å². The molecule has 0 fully saturated rings. The van der Waals surface area contributed by atoms with E-state index in [-0.39, 0.29) is 11.7 Å². The Morgan fingerprint density at radius 2 is 1.62 bits per heavy atom. The third-order valence-corrected chi connectivity index (χ3v) is 3.71. The first kappa shape index (κ1) is 15.6. The van der Waals surface area contributed by atoms with E-state index in [0.29, 0.717) is 22.6 Å². The van der Waals surface area contributed by atoms with Gasteiger partial charge < -0.3 is 16.0 Å². The monoisotopic (exact) mass is 319 g/mol. The number of H-pyrrole nitrogens is 1. The van der Waals surface area contributed by atoms with Crippen LogP contribution in [0.2, 0.25) is 0 Å². The molecular formula is C19H17N3O2. The topological polar surface area (TPSA) is 88.0 Å². The van der Waals surface area contributed by atoms with Gasteiger partial charge in [-0.2, -0.15) is 0 Å². The summed E-state index contributed by atoms with van der Waals surface area (Å²) in [6, 6.07) is 16.0. The standard InChI is InChI=1S/C19H17N3O2/c1-12(23)18-10-15(11-21-18)13-4-8-17(9-5-13)22-19(24)14-2-6-16(20)7-3-14/h2-11,21H,20H2,1H3,(H,22,24). The number of anilines is 2. The van der Waals surface area contributed by atoms with Crippen LogP contribution in [-0.4, -0.2) is 16.7 Å². The van der Waals surface area contributed by atoms with Crippen molar-refractivity contribution in [2.75, 3.05) is 11.1 Å². The highest BCUT2D eigenvalue weighted by Crippen LogP contribution is 2.23. The van der Waals surface area contributed by atoms with E-state index >= 15 is 0 Å². The smallest absolute Gasteiger partial charge is 0.255 e. The number of carbonyl (C=O) groups excluding carboxylic acids is 2. The molecule has 0 saturated heterocycles. The number of hydrogen-bond donors (Lipinski definition) is 3. The third kappa shape index (κ3) is 3.35. The highest BCUT2D eigenvalue weighted by Gasteiger charge is 2.08. The number of Topliss-reactive ketones (excluding diaryl/α,β-unsaturated/α-hetero) is 1. The average Bonchev–Trinajstić information content (AvgIpc) is 3.06. The maximum atomic E-state index is 12.2. The van der Waals surface area contributed by atoms with E-state index in [2.05, 4.69) is 10.3 Å². The molecule has 1 heterocycles. The summed E-state index contributed by atoms with van der Waals surface area (Å²) in [5.41, 5.74) is 9.94. The molecule has 5 heteroatoms. The zero-order valence-electron chi connectivity index (χ0n) is 13.2. The number of nitrogen functional groups attached to an aromatic ring is 1. The van der Waals surface area contributed by atoms with Crippen LogP contribution in [0.5, 0.6) is 0 Å². The molecule has 0 spiro atoms. The summed E-state index contributed by atoms with van der Waals surface area (Å²) in [6.07, 6.45) is 1.79. The van der Waals surface area contributed by atoms with Crippen molar-refractivity contribution < 1.29 is 9.59 Å². The van der Waals surface area contributed by atoms with E-state index in [4.69, 9.17) is 5.73 Å². The van der Waals surface area contributed by atoms with Gasteiger partial charge in [0.05, 0.1) is 5.69 Å². The lowest BCUT2D eigenvalue weighted by atomic mass is 10.1. The van der Waals surface area contributed by atoms with Crippen molar-refractivity contribution in [3.63, 3.8) is 0 Å². The second-order valence-electron chi connectivity index (χ2n) is 5.51. The molecule has 4 N–H and O–H groups in total. The van der Waals surface area contributed by atoms with Crippen LogP contribution in [0.3, 0.4) is 0 Å². The first-order valence-corrected chi connectivity index (χ1v) is 7.49. The van der Waals surface area contributed by atoms with Gasteiger partial charge in [-0.15, -0.1) is 0 Å². The second-order valence-corrected chi connectivity index (χ2v) is 5.51. The highest BCUT2D eigenvalue weighted by atomic mass is 16.1. The Morgan fingerprint density at radius 3 is 2.21 bits per heavy atom. The molecule has 3 rings (SSSR count). The van der Waals surface area contributed by atoms with E-state index < -0.39 is 0 Å². The fourth-order valence-corrected chi connectivity index (χ4v) is 2.35. The summed E-state index contributed by atoms with van der Waals surface area (Å²) < 4.78 is 0. The number of nitrogens with two attached hydrogens (primary N) is 1. The van der Waals surface area contributed by atoms with E-state index in [0.717, 1.165) is 11.1 Å². The third-order valence-electron chi connectivity index (χ3n) is 3.71. The van der Waals surface area contributed by atoms with Crippen molar-refractivity contribution in [1.29, 1.82) is 0 Å². The number of benzene rings is 2. The van der Waals surface area contributed by atoms with E-state index in [1.54, 1.807) is 30.5 Å². The Balaban J connectivity index is 1.73. The molecule has 0 aliphatic heterocycles. The maximum absolute atomic E-state index is 12.2. The van der Waals surface area contributed by atoms with E-state index in [1.165, 1.54) is 6.92 Å². The van der Waals surface area contributed by atoms with Gasteiger partial charge in [-0.25, -0.2) is 0 Å². The Labute approximate surface area is 139 Å². The van der Waals surface area contributed by atoms with Crippen molar-refractivity contribution in [2.45, 2.75) is 6.92 Å². The molecule has 3 aromatic rings. The minimum atomic E-state index is -0.191. The molecular weight excluding hydrogens is 302 g/mol. The number of amides is 1. The average molecular weight is 319 g/mol. The summed E-state index contributed by atoms with van der Waals surface area (Å²) in [4.78, 5) is 26.4. The van der Waals surface area contributed by atoms with E-state index in [9.17, 15) is 9.59 Å². The van der Waals surface area contributed by atoms with Crippen LogP contribution in [0, 0.1) is 0 Å². The van der Waals surface area contributed by atoms with Gasteiger partial charge in [-0.1, -0.05) is 12.1 Å². The zero-order chi connectivity index (χ0) is 17.1. The molecule has 24 heavy (non-hydrogen) atoms. The quantitative estimate of drug-likeness (QED) is 0.506. The number of aromatic nitrogens is 1. The van der Waals surface area contributed by atoms with Crippen LogP contribution >= 0.6 is 0 Å². The Kier molecular flexibility index (Phi) is 4.16. The predicted molar refractivity (Wildman–Crippen MR) is 95.0 cm³/mol. The van der Waals surface area contributed by atoms with Gasteiger partial charge >= 0.3 is 0 Å². The van der Waals surface area contributed by atoms with Crippen LogP contribution in [0.1, 0.15) is 27.8 Å². The van der Waals surface area contributed by atoms with E-state index in [1.807, 2.05) is 30.3 Å². The van der Waals surface area contributed by atoms with Crippen molar-refractivity contribution >= 4 is 23.1 Å². The predicted octanol–water partition coefficient (Wildman–Crippen LogP) is 3.72. The van der Waals surface area contributed by atoms with Crippen molar-refractivity contribution in [1.82, 2.24) is 4.98 Å². The molecule has 0 saturated carbocycles. The first-order chi connectivity index (χ1) is 11.5. The SMILES string of the molecule is CC(=O)c1cc(-c2ccc(NC(=O)c3ccc(N)cc3)cc2)c[nH]1. The Morgan fingerprint density at radius 1 is 0.958 bits per heavy atom.